The molecule has 1 heterocycles. The summed E-state index contributed by atoms with van der Waals surface area (Å²) in [5, 5.41) is 3.36. The van der Waals surface area contributed by atoms with Crippen LogP contribution < -0.4 is 5.32 Å². The summed E-state index contributed by atoms with van der Waals surface area (Å²) in [4.78, 5) is 0. The van der Waals surface area contributed by atoms with Crippen molar-refractivity contribution in [3.05, 3.63) is 35.4 Å². The van der Waals surface area contributed by atoms with Gasteiger partial charge in [0.05, 0.1) is 5.75 Å². The van der Waals surface area contributed by atoms with E-state index in [2.05, 4.69) is 11.4 Å². The normalized spacial score (nSPS) is 19.1. The van der Waals surface area contributed by atoms with Gasteiger partial charge in [0, 0.05) is 0 Å². The lowest BCUT2D eigenvalue weighted by Crippen LogP contribution is -2.28. The molecule has 1 aromatic rings. The van der Waals surface area contributed by atoms with Crippen LogP contribution in [0.2, 0.25) is 0 Å². The second kappa shape index (κ2) is 6.28. The smallest absolute Gasteiger partial charge is 0.157 e. The van der Waals surface area contributed by atoms with E-state index in [1.54, 1.807) is 0 Å². The molecular weight excluding hydrogens is 234 g/mol. The minimum absolute atomic E-state index is 0.251. The Hall–Kier alpha value is -0.710. The predicted octanol–water partition coefficient (Wildman–Crippen LogP) is 1.95. The summed E-state index contributed by atoms with van der Waals surface area (Å²) in [5.41, 5.74) is 2.26. The van der Waals surface area contributed by atoms with E-state index in [0.717, 1.165) is 25.1 Å². The van der Waals surface area contributed by atoms with E-state index in [9.17, 15) is 4.21 Å². The van der Waals surface area contributed by atoms with Crippen molar-refractivity contribution < 1.29 is 8.76 Å². The van der Waals surface area contributed by atoms with Crippen LogP contribution in [0.4, 0.5) is 0 Å². The molecule has 1 fully saturated rings. The van der Waals surface area contributed by atoms with Crippen molar-refractivity contribution in [3.63, 3.8) is 0 Å². The third kappa shape index (κ3) is 3.91. The van der Waals surface area contributed by atoms with Crippen LogP contribution in [0.15, 0.2) is 24.3 Å². The molecule has 0 spiro atoms. The minimum Gasteiger partial charge on any atom is -0.317 e. The summed E-state index contributed by atoms with van der Waals surface area (Å²) in [6, 6.07) is 8.00. The van der Waals surface area contributed by atoms with E-state index < -0.39 is 11.1 Å². The van der Waals surface area contributed by atoms with Crippen LogP contribution >= 0.6 is 0 Å². The zero-order chi connectivity index (χ0) is 12.1. The maximum atomic E-state index is 10.9. The monoisotopic (exact) mass is 253 g/mol. The molecule has 0 aliphatic carbocycles. The highest BCUT2D eigenvalue weighted by Gasteiger charge is 2.15. The summed E-state index contributed by atoms with van der Waals surface area (Å²) in [5.74, 6) is 0.964. The second-order valence-corrected chi connectivity index (χ2v) is 5.56. The van der Waals surface area contributed by atoms with Crippen LogP contribution in [-0.4, -0.2) is 21.9 Å². The highest BCUT2D eigenvalue weighted by atomic mass is 32.2. The van der Waals surface area contributed by atoms with E-state index in [0.29, 0.717) is 5.92 Å². The van der Waals surface area contributed by atoms with Gasteiger partial charge in [-0.3, -0.25) is 0 Å². The van der Waals surface area contributed by atoms with Gasteiger partial charge < -0.3 is 9.87 Å². The van der Waals surface area contributed by atoms with Crippen molar-refractivity contribution in [3.8, 4) is 0 Å². The maximum Gasteiger partial charge on any atom is 0.157 e. The molecule has 3 nitrogen and oxygen atoms in total. The molecular formula is C13H19NO2S. The predicted molar refractivity (Wildman–Crippen MR) is 70.2 cm³/mol. The van der Waals surface area contributed by atoms with E-state index in [-0.39, 0.29) is 5.75 Å². The molecule has 1 aliphatic heterocycles. The Morgan fingerprint density at radius 3 is 2.53 bits per heavy atom. The number of benzene rings is 1. The molecule has 17 heavy (non-hydrogen) atoms. The average Bonchev–Trinajstić information content (AvgIpc) is 2.32. The zero-order valence-electron chi connectivity index (χ0n) is 9.89. The molecule has 94 valence electrons. The van der Waals surface area contributed by atoms with Gasteiger partial charge in [-0.05, 0) is 49.4 Å². The molecule has 0 aromatic heterocycles. The Kier molecular flexibility index (Phi) is 4.71. The van der Waals surface area contributed by atoms with Gasteiger partial charge in [-0.1, -0.05) is 24.3 Å². The molecule has 1 aromatic carbocycles. The molecule has 0 saturated carbocycles. The lowest BCUT2D eigenvalue weighted by atomic mass is 9.89. The molecule has 1 atom stereocenters. The second-order valence-electron chi connectivity index (χ2n) is 4.63. The Balaban J connectivity index is 2.05. The summed E-state index contributed by atoms with van der Waals surface area (Å²) in [6.07, 6.45) is 3.45. The van der Waals surface area contributed by atoms with Gasteiger partial charge in [0.25, 0.3) is 0 Å². The van der Waals surface area contributed by atoms with Crippen LogP contribution in [0.5, 0.6) is 0 Å². The Morgan fingerprint density at radius 1 is 1.24 bits per heavy atom. The van der Waals surface area contributed by atoms with Crippen LogP contribution in [0.25, 0.3) is 0 Å². The van der Waals surface area contributed by atoms with Crippen molar-refractivity contribution in [1.82, 2.24) is 5.32 Å². The molecule has 2 N–H and O–H groups in total. The fourth-order valence-corrected chi connectivity index (χ4v) is 2.97. The molecule has 0 radical (unpaired) electrons. The van der Waals surface area contributed by atoms with E-state index >= 15 is 0 Å². The van der Waals surface area contributed by atoms with Gasteiger partial charge in [-0.15, -0.1) is 0 Å². The largest absolute Gasteiger partial charge is 0.317 e. The first-order valence-electron chi connectivity index (χ1n) is 6.10. The van der Waals surface area contributed by atoms with Gasteiger partial charge >= 0.3 is 0 Å². The van der Waals surface area contributed by atoms with Gasteiger partial charge in [0.2, 0.25) is 0 Å². The molecule has 0 amide bonds. The standard InChI is InChI=1S/C13H19NO2S/c15-17(16)10-13-4-2-1-3-12(13)9-11-5-7-14-8-6-11/h1-4,11,14H,5-10H2,(H,15,16). The van der Waals surface area contributed by atoms with E-state index in [4.69, 9.17) is 4.55 Å². The van der Waals surface area contributed by atoms with Gasteiger partial charge in [0.15, 0.2) is 11.1 Å². The topological polar surface area (TPSA) is 49.3 Å². The Morgan fingerprint density at radius 2 is 1.88 bits per heavy atom. The number of hydrogen-bond donors (Lipinski definition) is 2. The molecule has 1 aliphatic rings. The quantitative estimate of drug-likeness (QED) is 0.806. The number of rotatable bonds is 4. The molecule has 1 saturated heterocycles. The number of hydrogen-bond acceptors (Lipinski definition) is 2. The summed E-state index contributed by atoms with van der Waals surface area (Å²) < 4.78 is 19.9. The summed E-state index contributed by atoms with van der Waals surface area (Å²) in [6.45, 7) is 2.19. The number of nitrogens with one attached hydrogen (secondary N) is 1. The SMILES string of the molecule is O=S(O)Cc1ccccc1CC1CCNCC1. The van der Waals surface area contributed by atoms with Crippen LogP contribution in [0.1, 0.15) is 24.0 Å². The van der Waals surface area contributed by atoms with Crippen LogP contribution in [0, 0.1) is 5.92 Å². The number of piperidine rings is 1. The first-order chi connectivity index (χ1) is 8.25. The third-order valence-corrected chi connectivity index (χ3v) is 3.92. The first kappa shape index (κ1) is 12.7. The van der Waals surface area contributed by atoms with Crippen molar-refractivity contribution in [2.75, 3.05) is 13.1 Å². The highest BCUT2D eigenvalue weighted by Crippen LogP contribution is 2.21. The lowest BCUT2D eigenvalue weighted by Gasteiger charge is -2.23. The van der Waals surface area contributed by atoms with Crippen molar-refractivity contribution >= 4 is 11.1 Å². The van der Waals surface area contributed by atoms with Crippen molar-refractivity contribution in [1.29, 1.82) is 0 Å². The molecule has 1 unspecified atom stereocenters. The molecule has 4 heteroatoms. The van der Waals surface area contributed by atoms with Crippen LogP contribution in [-0.2, 0) is 23.3 Å². The third-order valence-electron chi connectivity index (χ3n) is 3.36. The van der Waals surface area contributed by atoms with Gasteiger partial charge in [-0.2, -0.15) is 0 Å². The zero-order valence-corrected chi connectivity index (χ0v) is 10.7. The van der Waals surface area contributed by atoms with Crippen molar-refractivity contribution in [2.24, 2.45) is 5.92 Å². The maximum absolute atomic E-state index is 10.9. The first-order valence-corrected chi connectivity index (χ1v) is 7.38. The van der Waals surface area contributed by atoms with Gasteiger partial charge in [-0.25, -0.2) is 4.21 Å². The van der Waals surface area contributed by atoms with Gasteiger partial charge in [0.1, 0.15) is 0 Å². The van der Waals surface area contributed by atoms with Crippen LogP contribution in [0.3, 0.4) is 0 Å². The fraction of sp³-hybridized carbons (Fsp3) is 0.538. The summed E-state index contributed by atoms with van der Waals surface area (Å²) >= 11 is -1.75. The minimum atomic E-state index is -1.75. The highest BCUT2D eigenvalue weighted by molar-refractivity contribution is 7.78. The van der Waals surface area contributed by atoms with E-state index in [1.807, 2.05) is 18.2 Å². The Bertz CT molecular complexity index is 389. The lowest BCUT2D eigenvalue weighted by molar-refractivity contribution is 0.372. The summed E-state index contributed by atoms with van der Waals surface area (Å²) in [7, 11) is 0. The van der Waals surface area contributed by atoms with E-state index in [1.165, 1.54) is 18.4 Å². The fourth-order valence-electron chi connectivity index (χ4n) is 2.43. The van der Waals surface area contributed by atoms with Crippen molar-refractivity contribution in [2.45, 2.75) is 25.0 Å². The average molecular weight is 253 g/mol. The molecule has 0 bridgehead atoms. The Labute approximate surface area is 105 Å². The molecule has 2 rings (SSSR count).